The number of esters is 2. The lowest BCUT2D eigenvalue weighted by atomic mass is 10.1. The van der Waals surface area contributed by atoms with Gasteiger partial charge >= 0.3 is 11.9 Å². The van der Waals surface area contributed by atoms with E-state index in [0.29, 0.717) is 11.3 Å². The van der Waals surface area contributed by atoms with E-state index in [0.717, 1.165) is 31.2 Å². The van der Waals surface area contributed by atoms with E-state index in [1.54, 1.807) is 0 Å². The summed E-state index contributed by atoms with van der Waals surface area (Å²) in [5.41, 5.74) is 2.11. The molecule has 0 unspecified atom stereocenters. The highest BCUT2D eigenvalue weighted by molar-refractivity contribution is 7.14. The first-order valence-corrected chi connectivity index (χ1v) is 10.6. The van der Waals surface area contributed by atoms with Gasteiger partial charge in [-0.2, -0.15) is 0 Å². The molecular formula is C22H25NO5S. The number of rotatable bonds is 7. The molecule has 0 fully saturated rings. The normalized spacial score (nSPS) is 14.2. The molecule has 1 N–H and O–H groups in total. The fraction of sp³-hybridized carbons (Fsp3) is 0.409. The number of hydrogen-bond donors (Lipinski definition) is 1. The summed E-state index contributed by atoms with van der Waals surface area (Å²) in [6.07, 6.45) is 5.77. The molecule has 1 aromatic heterocycles. The Bertz CT molecular complexity index is 838. The highest BCUT2D eigenvalue weighted by atomic mass is 32.1. The number of benzene rings is 1. The summed E-state index contributed by atoms with van der Waals surface area (Å²) in [5.74, 6) is -1.59. The molecule has 1 aromatic carbocycles. The van der Waals surface area contributed by atoms with Gasteiger partial charge in [0, 0.05) is 11.3 Å². The number of ether oxygens (including phenoxy) is 2. The number of fused-ring (bicyclic) bond motifs is 1. The average Bonchev–Trinajstić information content (AvgIpc) is 3.02. The first-order valence-electron chi connectivity index (χ1n) is 9.76. The van der Waals surface area contributed by atoms with Gasteiger partial charge in [-0.3, -0.25) is 4.79 Å². The Balaban J connectivity index is 1.54. The Kier molecular flexibility index (Phi) is 7.41. The highest BCUT2D eigenvalue weighted by Crippen LogP contribution is 2.29. The molecule has 0 aliphatic heterocycles. The van der Waals surface area contributed by atoms with Crippen LogP contribution in [0.3, 0.4) is 0 Å². The zero-order valence-electron chi connectivity index (χ0n) is 16.4. The van der Waals surface area contributed by atoms with E-state index >= 15 is 0 Å². The number of carbonyl (C=O) groups excluding carboxylic acids is 3. The second-order valence-electron chi connectivity index (χ2n) is 7.03. The van der Waals surface area contributed by atoms with Crippen molar-refractivity contribution >= 4 is 29.2 Å². The van der Waals surface area contributed by atoms with Gasteiger partial charge in [0.1, 0.15) is 10.9 Å². The Morgan fingerprint density at radius 2 is 1.86 bits per heavy atom. The summed E-state index contributed by atoms with van der Waals surface area (Å²) < 4.78 is 9.95. The van der Waals surface area contributed by atoms with Crippen LogP contribution in [0.1, 0.15) is 44.9 Å². The predicted octanol–water partition coefficient (Wildman–Crippen LogP) is 3.07. The fourth-order valence-corrected chi connectivity index (χ4v) is 4.54. The summed E-state index contributed by atoms with van der Waals surface area (Å²) in [6.45, 7) is -0.441. The van der Waals surface area contributed by atoms with Gasteiger partial charge in [0.2, 0.25) is 0 Å². The smallest absolute Gasteiger partial charge is 0.348 e. The Morgan fingerprint density at radius 3 is 2.62 bits per heavy atom. The lowest BCUT2D eigenvalue weighted by Gasteiger charge is -2.16. The van der Waals surface area contributed by atoms with E-state index in [2.05, 4.69) is 5.32 Å². The van der Waals surface area contributed by atoms with Crippen molar-refractivity contribution in [2.24, 2.45) is 0 Å². The summed E-state index contributed by atoms with van der Waals surface area (Å²) in [5, 5.41) is 2.59. The molecule has 154 valence electrons. The molecule has 0 spiro atoms. The van der Waals surface area contributed by atoms with Crippen LogP contribution in [0.5, 0.6) is 0 Å². The second kappa shape index (κ2) is 10.2. The van der Waals surface area contributed by atoms with Crippen LogP contribution in [-0.4, -0.2) is 37.6 Å². The van der Waals surface area contributed by atoms with Gasteiger partial charge in [-0.1, -0.05) is 36.8 Å². The standard InChI is InChI=1S/C22H25NO5S/c1-27-21(25)17(12-15-8-4-2-5-9-15)23-20(24)14-28-22(26)19-13-16-10-6-3-7-11-18(16)29-19/h2,4-5,8-9,13,17H,3,6-7,10-12,14H2,1H3,(H,23,24)/t17-/m0/s1. The van der Waals surface area contributed by atoms with Crippen LogP contribution in [0.25, 0.3) is 0 Å². The van der Waals surface area contributed by atoms with E-state index < -0.39 is 30.5 Å². The van der Waals surface area contributed by atoms with E-state index in [1.807, 2.05) is 36.4 Å². The van der Waals surface area contributed by atoms with Gasteiger partial charge in [0.15, 0.2) is 6.61 Å². The number of methoxy groups -OCH3 is 1. The molecule has 6 nitrogen and oxygen atoms in total. The molecule has 29 heavy (non-hydrogen) atoms. The van der Waals surface area contributed by atoms with Crippen molar-refractivity contribution in [3.8, 4) is 0 Å². The molecule has 2 aromatic rings. The lowest BCUT2D eigenvalue weighted by molar-refractivity contribution is -0.145. The maximum absolute atomic E-state index is 12.3. The van der Waals surface area contributed by atoms with E-state index in [1.165, 1.54) is 35.3 Å². The minimum absolute atomic E-state index is 0.296. The van der Waals surface area contributed by atoms with Crippen LogP contribution in [0.4, 0.5) is 0 Å². The summed E-state index contributed by atoms with van der Waals surface area (Å²) in [6, 6.07) is 10.4. The van der Waals surface area contributed by atoms with Crippen molar-refractivity contribution in [3.63, 3.8) is 0 Å². The third-order valence-electron chi connectivity index (χ3n) is 4.89. The molecule has 3 rings (SSSR count). The molecule has 1 amide bonds. The van der Waals surface area contributed by atoms with Crippen molar-refractivity contribution in [3.05, 3.63) is 57.3 Å². The fourth-order valence-electron chi connectivity index (χ4n) is 3.39. The molecule has 0 bridgehead atoms. The van der Waals surface area contributed by atoms with Gasteiger partial charge in [0.25, 0.3) is 5.91 Å². The van der Waals surface area contributed by atoms with Gasteiger partial charge in [-0.05, 0) is 42.9 Å². The van der Waals surface area contributed by atoms with Gasteiger partial charge in [0.05, 0.1) is 7.11 Å². The molecular weight excluding hydrogens is 390 g/mol. The minimum atomic E-state index is -0.841. The molecule has 1 atom stereocenters. The molecule has 0 saturated carbocycles. The first-order chi connectivity index (χ1) is 14.1. The van der Waals surface area contributed by atoms with Crippen LogP contribution in [0, 0.1) is 0 Å². The third-order valence-corrected chi connectivity index (χ3v) is 6.10. The molecule has 0 radical (unpaired) electrons. The summed E-state index contributed by atoms with van der Waals surface area (Å²) in [7, 11) is 1.27. The van der Waals surface area contributed by atoms with E-state index in [-0.39, 0.29) is 0 Å². The largest absolute Gasteiger partial charge is 0.467 e. The second-order valence-corrected chi connectivity index (χ2v) is 8.17. The maximum atomic E-state index is 12.3. The van der Waals surface area contributed by atoms with Crippen LogP contribution in [0.15, 0.2) is 36.4 Å². The topological polar surface area (TPSA) is 81.7 Å². The van der Waals surface area contributed by atoms with Crippen molar-refractivity contribution in [2.45, 2.75) is 44.6 Å². The first kappa shape index (κ1) is 21.0. The zero-order chi connectivity index (χ0) is 20.6. The Labute approximate surface area is 174 Å². The van der Waals surface area contributed by atoms with Crippen molar-refractivity contribution in [1.82, 2.24) is 5.32 Å². The number of amides is 1. The molecule has 0 saturated heterocycles. The number of nitrogens with one attached hydrogen (secondary N) is 1. The highest BCUT2D eigenvalue weighted by Gasteiger charge is 2.23. The van der Waals surface area contributed by atoms with Crippen LogP contribution < -0.4 is 5.32 Å². The average molecular weight is 416 g/mol. The van der Waals surface area contributed by atoms with Gasteiger partial charge in [-0.25, -0.2) is 9.59 Å². The van der Waals surface area contributed by atoms with Crippen LogP contribution >= 0.6 is 11.3 Å². The van der Waals surface area contributed by atoms with Gasteiger partial charge < -0.3 is 14.8 Å². The summed E-state index contributed by atoms with van der Waals surface area (Å²) in [4.78, 5) is 38.4. The van der Waals surface area contributed by atoms with Gasteiger partial charge in [-0.15, -0.1) is 11.3 Å². The Morgan fingerprint density at radius 1 is 1.10 bits per heavy atom. The van der Waals surface area contributed by atoms with Crippen molar-refractivity contribution in [2.75, 3.05) is 13.7 Å². The van der Waals surface area contributed by atoms with Crippen molar-refractivity contribution < 1.29 is 23.9 Å². The number of aryl methyl sites for hydroxylation is 2. The zero-order valence-corrected chi connectivity index (χ0v) is 17.3. The molecule has 1 heterocycles. The number of carbonyl (C=O) groups is 3. The predicted molar refractivity (Wildman–Crippen MR) is 110 cm³/mol. The lowest BCUT2D eigenvalue weighted by Crippen LogP contribution is -2.44. The van der Waals surface area contributed by atoms with Crippen molar-refractivity contribution in [1.29, 1.82) is 0 Å². The monoisotopic (exact) mass is 415 g/mol. The molecule has 7 heteroatoms. The summed E-state index contributed by atoms with van der Waals surface area (Å²) >= 11 is 1.45. The number of hydrogen-bond acceptors (Lipinski definition) is 6. The van der Waals surface area contributed by atoms with Crippen LogP contribution in [-0.2, 0) is 38.3 Å². The molecule has 1 aliphatic rings. The third kappa shape index (κ3) is 5.90. The van der Waals surface area contributed by atoms with E-state index in [4.69, 9.17) is 9.47 Å². The molecule has 1 aliphatic carbocycles. The Hall–Kier alpha value is -2.67. The number of thiophene rings is 1. The maximum Gasteiger partial charge on any atom is 0.348 e. The van der Waals surface area contributed by atoms with Crippen LogP contribution in [0.2, 0.25) is 0 Å². The van der Waals surface area contributed by atoms with E-state index in [9.17, 15) is 14.4 Å². The SMILES string of the molecule is COC(=O)[C@H](Cc1ccccc1)NC(=O)COC(=O)c1cc2c(s1)CCCCC2. The minimum Gasteiger partial charge on any atom is -0.467 e. The quantitative estimate of drug-likeness (QED) is 0.555.